The van der Waals surface area contributed by atoms with Crippen molar-refractivity contribution in [2.75, 3.05) is 0 Å². The molecule has 27 heavy (non-hydrogen) atoms. The molecule has 0 unspecified atom stereocenters. The number of benzene rings is 1. The Hall–Kier alpha value is -0.597. The third-order valence-corrected chi connectivity index (χ3v) is 3.32. The molecule has 134 valence electrons. The molecule has 0 spiro atoms. The second-order valence-corrected chi connectivity index (χ2v) is 5.55. The molecule has 1 heteroatoms. The first-order chi connectivity index (χ1) is 12.9. The first kappa shape index (κ1) is 26.4. The van der Waals surface area contributed by atoms with E-state index in [9.17, 15) is 0 Å². The van der Waals surface area contributed by atoms with Crippen molar-refractivity contribution >= 4 is 0 Å². The molecule has 0 atom stereocenters. The quantitative estimate of drug-likeness (QED) is 0.301. The van der Waals surface area contributed by atoms with Gasteiger partial charge in [-0.1, -0.05) is 19.4 Å². The van der Waals surface area contributed by atoms with Crippen LogP contribution in [0.5, 0.6) is 0 Å². The van der Waals surface area contributed by atoms with E-state index < -0.39 is 0 Å². The Kier molecular flexibility index (Phi) is 19.7. The molecule has 0 amide bonds. The zero-order valence-corrected chi connectivity index (χ0v) is 18.7. The van der Waals surface area contributed by atoms with Gasteiger partial charge in [0.15, 0.2) is 0 Å². The molecule has 2 fully saturated rings. The maximum atomic E-state index is 3.88. The molecule has 3 rings (SSSR count). The van der Waals surface area contributed by atoms with Gasteiger partial charge in [0.2, 0.25) is 0 Å². The Morgan fingerprint density at radius 1 is 0.852 bits per heavy atom. The maximum absolute atomic E-state index is 3.88. The van der Waals surface area contributed by atoms with Crippen LogP contribution in [0.2, 0.25) is 0 Å². The third-order valence-electron chi connectivity index (χ3n) is 3.32. The summed E-state index contributed by atoms with van der Waals surface area (Å²) in [5.74, 6) is 6.31. The molecular weight excluding hydrogens is 404 g/mol. The van der Waals surface area contributed by atoms with Crippen LogP contribution in [0, 0.1) is 89.0 Å². The average Bonchev–Trinajstić information content (AvgIpc) is 3.43. The van der Waals surface area contributed by atoms with Crippen LogP contribution in [0.25, 0.3) is 0 Å². The Bertz CT molecular complexity index is 485. The van der Waals surface area contributed by atoms with Crippen molar-refractivity contribution in [1.29, 1.82) is 0 Å². The summed E-state index contributed by atoms with van der Waals surface area (Å²) in [6, 6.07) is 10.1. The molecule has 0 aliphatic heterocycles. The van der Waals surface area contributed by atoms with Gasteiger partial charge >= 0.3 is 26.2 Å². The van der Waals surface area contributed by atoms with Crippen LogP contribution in [0.1, 0.15) is 38.2 Å². The van der Waals surface area contributed by atoms with E-state index >= 15 is 0 Å². The number of unbranched alkanes of at least 4 members (excludes halogenated alkanes) is 2. The van der Waals surface area contributed by atoms with E-state index in [-0.39, 0.29) is 26.2 Å². The Balaban J connectivity index is 0.000000496. The molecule has 2 saturated carbocycles. The zero-order chi connectivity index (χ0) is 18.7. The molecular formula is C26H28Zr+2. The van der Waals surface area contributed by atoms with Crippen LogP contribution in [0.3, 0.4) is 0 Å². The van der Waals surface area contributed by atoms with Crippen LogP contribution in [0.4, 0.5) is 0 Å². The van der Waals surface area contributed by atoms with Gasteiger partial charge in [0.1, 0.15) is 0 Å². The smallest absolute Gasteiger partial charge is 0.340 e. The molecule has 10 radical (unpaired) electrons. The van der Waals surface area contributed by atoms with Crippen LogP contribution >= 0.6 is 0 Å². The monoisotopic (exact) mass is 430 g/mol. The number of allylic oxidation sites excluding steroid dienone is 1. The van der Waals surface area contributed by atoms with Gasteiger partial charge in [-0.3, -0.25) is 0 Å². The summed E-state index contributed by atoms with van der Waals surface area (Å²) in [6.45, 7) is 6.06. The molecule has 0 saturated heterocycles. The fourth-order valence-corrected chi connectivity index (χ4v) is 1.93. The standard InChI is InChI=1S/C16H18.2C5H5.Zr/c1-3-5-6-8-11-15(4-2)14-16-12-9-7-10-13-16;2*1-2-4-5-3-1;/h7,9-10,12-13H,2-6H2,1H3;2*1-5H;/q-2;;;+4. The van der Waals surface area contributed by atoms with Gasteiger partial charge in [0, 0.05) is 0 Å². The van der Waals surface area contributed by atoms with Crippen molar-refractivity contribution < 1.29 is 26.2 Å². The van der Waals surface area contributed by atoms with Crippen LogP contribution in [-0.4, -0.2) is 0 Å². The summed E-state index contributed by atoms with van der Waals surface area (Å²) in [5.41, 5.74) is 2.06. The Morgan fingerprint density at radius 3 is 1.74 bits per heavy atom. The summed E-state index contributed by atoms with van der Waals surface area (Å²) in [7, 11) is 0. The Labute approximate surface area is 188 Å². The molecule has 0 bridgehead atoms. The summed E-state index contributed by atoms with van der Waals surface area (Å²) < 4.78 is 0. The normalized spacial score (nSPS) is 15.3. The number of rotatable bonds is 4. The van der Waals surface area contributed by atoms with Gasteiger partial charge in [-0.2, -0.15) is 18.3 Å². The molecule has 0 heterocycles. The van der Waals surface area contributed by atoms with E-state index in [1.807, 2.05) is 94.5 Å². The molecule has 0 N–H and O–H groups in total. The van der Waals surface area contributed by atoms with E-state index in [4.69, 9.17) is 0 Å². The minimum absolute atomic E-state index is 0. The summed E-state index contributed by atoms with van der Waals surface area (Å²) in [6.07, 6.45) is 27.3. The average molecular weight is 432 g/mol. The molecule has 2 aliphatic rings. The fraction of sp³-hybridized carbons (Fsp3) is 0.192. The minimum atomic E-state index is 0. The number of hydrogen-bond donors (Lipinski definition) is 0. The van der Waals surface area contributed by atoms with Gasteiger partial charge in [-0.05, 0) is 77.0 Å². The molecule has 1 aromatic rings. The van der Waals surface area contributed by atoms with E-state index in [0.717, 1.165) is 17.6 Å². The molecule has 2 aliphatic carbocycles. The minimum Gasteiger partial charge on any atom is -0.340 e. The zero-order valence-electron chi connectivity index (χ0n) is 16.2. The van der Waals surface area contributed by atoms with Crippen molar-refractivity contribution in [3.8, 4) is 11.8 Å². The van der Waals surface area contributed by atoms with E-state index in [2.05, 4.69) is 31.8 Å². The van der Waals surface area contributed by atoms with E-state index in [1.54, 1.807) is 0 Å². The second kappa shape index (κ2) is 20.1. The van der Waals surface area contributed by atoms with Gasteiger partial charge < -0.3 is 6.92 Å². The van der Waals surface area contributed by atoms with Gasteiger partial charge in [0.05, 0.1) is 0 Å². The van der Waals surface area contributed by atoms with Gasteiger partial charge in [-0.15, -0.1) is 41.5 Å². The molecule has 1 aromatic carbocycles. The predicted octanol–water partition coefficient (Wildman–Crippen LogP) is 6.22. The summed E-state index contributed by atoms with van der Waals surface area (Å²) in [5, 5.41) is 0. The van der Waals surface area contributed by atoms with Crippen molar-refractivity contribution in [3.63, 3.8) is 0 Å². The SMILES string of the molecule is [CH2-]CC(C#CCCCC)=[C-]c1ccccc1.[CH]1[CH][CH][CH][CH]1.[CH]1[CH][CH][CH][CH]1.[Zr+4]. The third kappa shape index (κ3) is 16.1. The summed E-state index contributed by atoms with van der Waals surface area (Å²) in [4.78, 5) is 0. The van der Waals surface area contributed by atoms with E-state index in [1.165, 1.54) is 12.8 Å². The van der Waals surface area contributed by atoms with Gasteiger partial charge in [0.25, 0.3) is 0 Å². The van der Waals surface area contributed by atoms with Crippen molar-refractivity contribution in [1.82, 2.24) is 0 Å². The van der Waals surface area contributed by atoms with Crippen LogP contribution in [0.15, 0.2) is 35.9 Å². The predicted molar refractivity (Wildman–Crippen MR) is 113 cm³/mol. The molecule has 0 nitrogen and oxygen atoms in total. The van der Waals surface area contributed by atoms with E-state index in [0.29, 0.717) is 6.42 Å². The number of hydrogen-bond acceptors (Lipinski definition) is 0. The topological polar surface area (TPSA) is 0 Å². The summed E-state index contributed by atoms with van der Waals surface area (Å²) >= 11 is 0. The first-order valence-electron chi connectivity index (χ1n) is 9.16. The van der Waals surface area contributed by atoms with Crippen LogP contribution in [-0.2, 0) is 26.2 Å². The second-order valence-electron chi connectivity index (χ2n) is 5.55. The fourth-order valence-electron chi connectivity index (χ4n) is 1.93. The van der Waals surface area contributed by atoms with Crippen molar-refractivity contribution in [3.05, 3.63) is 119 Å². The maximum Gasteiger partial charge on any atom is 4.00 e. The largest absolute Gasteiger partial charge is 4.00 e. The van der Waals surface area contributed by atoms with Crippen molar-refractivity contribution in [2.24, 2.45) is 0 Å². The Morgan fingerprint density at radius 2 is 1.33 bits per heavy atom. The molecule has 0 aromatic heterocycles. The van der Waals surface area contributed by atoms with Gasteiger partial charge in [-0.25, -0.2) is 0 Å². The first-order valence-corrected chi connectivity index (χ1v) is 9.16. The van der Waals surface area contributed by atoms with Crippen molar-refractivity contribution in [2.45, 2.75) is 32.6 Å². The van der Waals surface area contributed by atoms with Crippen LogP contribution < -0.4 is 0 Å².